The van der Waals surface area contributed by atoms with Crippen LogP contribution >= 0.6 is 0 Å². The fraction of sp³-hybridized carbons (Fsp3) is 0.476. The smallest absolute Gasteiger partial charge is 0.106 e. The summed E-state index contributed by atoms with van der Waals surface area (Å²) in [6, 6.07) is 16.8. The molecule has 0 spiro atoms. The number of hydrogen-bond acceptors (Lipinski definition) is 3. The maximum atomic E-state index is 5.17. The molecule has 0 amide bonds. The molecule has 1 N–H and O–H groups in total. The van der Waals surface area contributed by atoms with Gasteiger partial charge in [-0.1, -0.05) is 54.5 Å². The average Bonchev–Trinajstić information content (AvgIpc) is 3.01. The van der Waals surface area contributed by atoms with Gasteiger partial charge in [0, 0.05) is 18.0 Å². The minimum absolute atomic E-state index is 0.440. The second kappa shape index (κ2) is 6.56. The van der Waals surface area contributed by atoms with Gasteiger partial charge in [-0.15, -0.1) is 0 Å². The van der Waals surface area contributed by atoms with Crippen LogP contribution in [0.1, 0.15) is 44.1 Å². The van der Waals surface area contributed by atoms with Crippen molar-refractivity contribution in [2.75, 3.05) is 7.11 Å². The van der Waals surface area contributed by atoms with Crippen LogP contribution in [-0.4, -0.2) is 24.9 Å². The van der Waals surface area contributed by atoms with Crippen molar-refractivity contribution in [3.63, 3.8) is 0 Å². The van der Waals surface area contributed by atoms with E-state index < -0.39 is 0 Å². The number of rotatable bonds is 4. The molecule has 2 aliphatic heterocycles. The van der Waals surface area contributed by atoms with E-state index in [1.54, 1.807) is 7.11 Å². The van der Waals surface area contributed by atoms with Gasteiger partial charge in [0.25, 0.3) is 0 Å². The van der Waals surface area contributed by atoms with Crippen molar-refractivity contribution in [3.05, 3.63) is 48.0 Å². The van der Waals surface area contributed by atoms with Crippen molar-refractivity contribution < 1.29 is 4.84 Å². The SMILES string of the molecule is CCC(=NOC)[C@@H]1[C@H]2CCC(C[C@H]1c1ccc3ccccc3c1)N2. The predicted molar refractivity (Wildman–Crippen MR) is 99.5 cm³/mol. The van der Waals surface area contributed by atoms with Crippen LogP contribution in [-0.2, 0) is 4.84 Å². The van der Waals surface area contributed by atoms with E-state index in [1.165, 1.54) is 41.3 Å². The van der Waals surface area contributed by atoms with E-state index in [2.05, 4.69) is 59.9 Å². The number of hydrogen-bond donors (Lipinski definition) is 1. The minimum atomic E-state index is 0.440. The molecule has 126 valence electrons. The Bertz CT molecular complexity index is 754. The molecule has 2 saturated heterocycles. The van der Waals surface area contributed by atoms with Crippen LogP contribution < -0.4 is 5.32 Å². The highest BCUT2D eigenvalue weighted by Crippen LogP contribution is 2.43. The summed E-state index contributed by atoms with van der Waals surface area (Å²) in [5, 5.41) is 10.9. The highest BCUT2D eigenvalue weighted by molar-refractivity contribution is 5.88. The zero-order valence-electron chi connectivity index (χ0n) is 14.5. The average molecular weight is 322 g/mol. The second-order valence-electron chi connectivity index (χ2n) is 7.14. The van der Waals surface area contributed by atoms with Crippen molar-refractivity contribution in [2.24, 2.45) is 11.1 Å². The minimum Gasteiger partial charge on any atom is -0.399 e. The topological polar surface area (TPSA) is 33.6 Å². The number of fused-ring (bicyclic) bond motifs is 3. The molecule has 4 rings (SSSR count). The van der Waals surface area contributed by atoms with Crippen molar-refractivity contribution in [1.82, 2.24) is 5.32 Å². The van der Waals surface area contributed by atoms with Crippen LogP contribution in [0.25, 0.3) is 10.8 Å². The lowest BCUT2D eigenvalue weighted by atomic mass is 9.73. The Morgan fingerprint density at radius 2 is 2.00 bits per heavy atom. The molecule has 2 bridgehead atoms. The fourth-order valence-corrected chi connectivity index (χ4v) is 4.78. The summed E-state index contributed by atoms with van der Waals surface area (Å²) in [5.41, 5.74) is 2.66. The fourth-order valence-electron chi connectivity index (χ4n) is 4.78. The van der Waals surface area contributed by atoms with Crippen molar-refractivity contribution in [2.45, 2.75) is 50.6 Å². The molecule has 2 aliphatic rings. The highest BCUT2D eigenvalue weighted by atomic mass is 16.6. The van der Waals surface area contributed by atoms with Crippen LogP contribution in [0.15, 0.2) is 47.6 Å². The summed E-state index contributed by atoms with van der Waals surface area (Å²) in [6.45, 7) is 2.19. The van der Waals surface area contributed by atoms with E-state index in [4.69, 9.17) is 4.84 Å². The first-order chi connectivity index (χ1) is 11.8. The van der Waals surface area contributed by atoms with Crippen LogP contribution in [0.4, 0.5) is 0 Å². The van der Waals surface area contributed by atoms with E-state index >= 15 is 0 Å². The summed E-state index contributed by atoms with van der Waals surface area (Å²) in [4.78, 5) is 5.17. The lowest BCUT2D eigenvalue weighted by molar-refractivity contribution is 0.204. The van der Waals surface area contributed by atoms with Gasteiger partial charge >= 0.3 is 0 Å². The van der Waals surface area contributed by atoms with Gasteiger partial charge < -0.3 is 10.2 Å². The van der Waals surface area contributed by atoms with Gasteiger partial charge in [-0.25, -0.2) is 0 Å². The van der Waals surface area contributed by atoms with E-state index in [9.17, 15) is 0 Å². The molecule has 0 aliphatic carbocycles. The van der Waals surface area contributed by atoms with E-state index in [1.807, 2.05) is 0 Å². The molecular weight excluding hydrogens is 296 g/mol. The number of piperidine rings is 1. The molecule has 2 aromatic rings. The number of nitrogens with zero attached hydrogens (tertiary/aromatic N) is 1. The Kier molecular flexibility index (Phi) is 4.28. The van der Waals surface area contributed by atoms with Gasteiger partial charge in [0.05, 0.1) is 5.71 Å². The van der Waals surface area contributed by atoms with E-state index in [0.717, 1.165) is 6.42 Å². The van der Waals surface area contributed by atoms with Gasteiger partial charge in [0.1, 0.15) is 7.11 Å². The molecule has 3 nitrogen and oxygen atoms in total. The molecule has 2 fully saturated rings. The van der Waals surface area contributed by atoms with Gasteiger partial charge in [-0.05, 0) is 47.9 Å². The maximum Gasteiger partial charge on any atom is 0.106 e. The molecule has 0 saturated carbocycles. The molecule has 24 heavy (non-hydrogen) atoms. The van der Waals surface area contributed by atoms with Gasteiger partial charge in [0.15, 0.2) is 0 Å². The zero-order valence-corrected chi connectivity index (χ0v) is 14.5. The van der Waals surface area contributed by atoms with Crippen molar-refractivity contribution >= 4 is 16.5 Å². The quantitative estimate of drug-likeness (QED) is 0.665. The monoisotopic (exact) mass is 322 g/mol. The first-order valence-corrected chi connectivity index (χ1v) is 9.14. The molecule has 2 aromatic carbocycles. The largest absolute Gasteiger partial charge is 0.399 e. The summed E-state index contributed by atoms with van der Waals surface area (Å²) in [7, 11) is 1.66. The number of oxime groups is 1. The Balaban J connectivity index is 1.75. The highest BCUT2D eigenvalue weighted by Gasteiger charge is 2.44. The Labute approximate surface area is 144 Å². The van der Waals surface area contributed by atoms with E-state index in [0.29, 0.717) is 23.9 Å². The summed E-state index contributed by atoms with van der Waals surface area (Å²) in [6.07, 6.45) is 4.69. The molecule has 2 heterocycles. The molecule has 0 radical (unpaired) electrons. The Morgan fingerprint density at radius 1 is 1.17 bits per heavy atom. The van der Waals surface area contributed by atoms with Gasteiger partial charge in [-0.2, -0.15) is 0 Å². The summed E-state index contributed by atoms with van der Waals surface area (Å²) >= 11 is 0. The normalized spacial score (nSPS) is 29.8. The maximum absolute atomic E-state index is 5.17. The molecule has 1 unspecified atom stereocenters. The first kappa shape index (κ1) is 15.6. The standard InChI is InChI=1S/C21H26N2O/c1-3-19(23-24-2)21-18(13-17-10-11-20(21)22-17)16-9-8-14-6-4-5-7-15(14)12-16/h4-9,12,17-18,20-22H,3,10-11,13H2,1-2H3/t17?,18-,20+,21+/m0/s1. The zero-order chi connectivity index (χ0) is 16.5. The number of benzene rings is 2. The first-order valence-electron chi connectivity index (χ1n) is 9.14. The molecule has 3 heteroatoms. The molecule has 4 atom stereocenters. The lowest BCUT2D eigenvalue weighted by Crippen LogP contribution is -2.47. The van der Waals surface area contributed by atoms with Crippen LogP contribution in [0.5, 0.6) is 0 Å². The molecule has 0 aromatic heterocycles. The van der Waals surface area contributed by atoms with Crippen molar-refractivity contribution in [1.29, 1.82) is 0 Å². The van der Waals surface area contributed by atoms with Crippen LogP contribution in [0, 0.1) is 5.92 Å². The summed E-state index contributed by atoms with van der Waals surface area (Å²) < 4.78 is 0. The third-order valence-corrected chi connectivity index (χ3v) is 5.84. The third-order valence-electron chi connectivity index (χ3n) is 5.84. The van der Waals surface area contributed by atoms with Gasteiger partial charge in [-0.3, -0.25) is 0 Å². The Hall–Kier alpha value is -1.87. The molecular formula is C21H26N2O. The Morgan fingerprint density at radius 3 is 2.79 bits per heavy atom. The lowest BCUT2D eigenvalue weighted by Gasteiger charge is -2.38. The van der Waals surface area contributed by atoms with E-state index in [-0.39, 0.29) is 0 Å². The number of nitrogens with one attached hydrogen (secondary N) is 1. The van der Waals surface area contributed by atoms with Crippen molar-refractivity contribution in [3.8, 4) is 0 Å². The summed E-state index contributed by atoms with van der Waals surface area (Å²) in [5.74, 6) is 0.970. The predicted octanol–water partition coefficient (Wildman–Crippen LogP) is 4.48. The van der Waals surface area contributed by atoms with Gasteiger partial charge in [0.2, 0.25) is 0 Å². The third kappa shape index (κ3) is 2.71. The van der Waals surface area contributed by atoms with Crippen LogP contribution in [0.2, 0.25) is 0 Å². The second-order valence-corrected chi connectivity index (χ2v) is 7.14. The van der Waals surface area contributed by atoms with Crippen LogP contribution in [0.3, 0.4) is 0 Å².